The Morgan fingerprint density at radius 3 is 2.41 bits per heavy atom. The average molecular weight is 432 g/mol. The van der Waals surface area contributed by atoms with Gasteiger partial charge in [0.25, 0.3) is 5.91 Å². The van der Waals surface area contributed by atoms with Crippen LogP contribution >= 0.6 is 0 Å². The van der Waals surface area contributed by atoms with Crippen molar-refractivity contribution in [1.82, 2.24) is 5.43 Å². The SMILES string of the molecule is COc1cc(C=NNC(=O)COc2ccccc2C)ccc1OC(=O)c1ccc(C)cc1. The first-order valence-electron chi connectivity index (χ1n) is 9.93. The lowest BCUT2D eigenvalue weighted by molar-refractivity contribution is -0.123. The van der Waals surface area contributed by atoms with Crippen LogP contribution in [0.15, 0.2) is 71.8 Å². The van der Waals surface area contributed by atoms with Gasteiger partial charge in [0.05, 0.1) is 18.9 Å². The number of para-hydroxylation sites is 1. The van der Waals surface area contributed by atoms with Gasteiger partial charge in [0.2, 0.25) is 0 Å². The molecule has 0 aliphatic rings. The lowest BCUT2D eigenvalue weighted by Crippen LogP contribution is -2.24. The maximum atomic E-state index is 12.3. The van der Waals surface area contributed by atoms with Crippen LogP contribution in [0.5, 0.6) is 17.2 Å². The second kappa shape index (κ2) is 10.8. The van der Waals surface area contributed by atoms with E-state index in [1.165, 1.54) is 13.3 Å². The molecule has 3 rings (SSSR count). The number of nitrogens with zero attached hydrogens (tertiary/aromatic N) is 1. The van der Waals surface area contributed by atoms with Crippen molar-refractivity contribution in [1.29, 1.82) is 0 Å². The van der Waals surface area contributed by atoms with Crippen molar-refractivity contribution in [2.75, 3.05) is 13.7 Å². The molecule has 0 aromatic heterocycles. The van der Waals surface area contributed by atoms with E-state index in [-0.39, 0.29) is 18.3 Å². The van der Waals surface area contributed by atoms with Crippen molar-refractivity contribution in [3.05, 3.63) is 89.0 Å². The van der Waals surface area contributed by atoms with Crippen LogP contribution in [0.25, 0.3) is 0 Å². The number of esters is 1. The number of aryl methyl sites for hydroxylation is 2. The van der Waals surface area contributed by atoms with Gasteiger partial charge in [-0.25, -0.2) is 10.2 Å². The Balaban J connectivity index is 1.57. The first-order chi connectivity index (χ1) is 15.5. The van der Waals surface area contributed by atoms with E-state index >= 15 is 0 Å². The van der Waals surface area contributed by atoms with Crippen molar-refractivity contribution in [3.63, 3.8) is 0 Å². The third-order valence-electron chi connectivity index (χ3n) is 4.53. The van der Waals surface area contributed by atoms with Crippen molar-refractivity contribution in [3.8, 4) is 17.2 Å². The fraction of sp³-hybridized carbons (Fsp3) is 0.160. The zero-order chi connectivity index (χ0) is 22.9. The predicted molar refractivity (Wildman–Crippen MR) is 122 cm³/mol. The number of carbonyl (C=O) groups is 2. The molecule has 0 spiro atoms. The minimum Gasteiger partial charge on any atom is -0.493 e. The van der Waals surface area contributed by atoms with Gasteiger partial charge in [0, 0.05) is 0 Å². The summed E-state index contributed by atoms with van der Waals surface area (Å²) in [4.78, 5) is 24.3. The summed E-state index contributed by atoms with van der Waals surface area (Å²) in [6.45, 7) is 3.69. The molecule has 7 nitrogen and oxygen atoms in total. The van der Waals surface area contributed by atoms with Crippen LogP contribution in [0, 0.1) is 13.8 Å². The molecule has 0 bridgehead atoms. The summed E-state index contributed by atoms with van der Waals surface area (Å²) in [5, 5.41) is 3.93. The molecule has 0 fully saturated rings. The molecule has 3 aromatic carbocycles. The highest BCUT2D eigenvalue weighted by molar-refractivity contribution is 5.91. The first-order valence-corrected chi connectivity index (χ1v) is 9.93. The largest absolute Gasteiger partial charge is 0.493 e. The van der Waals surface area contributed by atoms with E-state index in [0.29, 0.717) is 22.6 Å². The maximum Gasteiger partial charge on any atom is 0.343 e. The Morgan fingerprint density at radius 1 is 0.938 bits per heavy atom. The Kier molecular flexibility index (Phi) is 7.59. The molecule has 1 N–H and O–H groups in total. The number of benzene rings is 3. The molecular weight excluding hydrogens is 408 g/mol. The molecule has 0 saturated heterocycles. The lowest BCUT2D eigenvalue weighted by Gasteiger charge is -2.10. The minimum atomic E-state index is -0.481. The van der Waals surface area contributed by atoms with Crippen LogP contribution in [-0.4, -0.2) is 31.8 Å². The molecule has 3 aromatic rings. The van der Waals surface area contributed by atoms with Crippen LogP contribution < -0.4 is 19.6 Å². The third kappa shape index (κ3) is 6.18. The van der Waals surface area contributed by atoms with Crippen molar-refractivity contribution < 1.29 is 23.8 Å². The first kappa shape index (κ1) is 22.6. The van der Waals surface area contributed by atoms with E-state index in [2.05, 4.69) is 10.5 Å². The predicted octanol–water partition coefficient (Wildman–Crippen LogP) is 4.06. The van der Waals surface area contributed by atoms with E-state index in [1.807, 2.05) is 44.2 Å². The molecular formula is C25H24N2O5. The molecule has 7 heteroatoms. The number of amides is 1. The monoisotopic (exact) mass is 432 g/mol. The molecule has 0 aliphatic carbocycles. The highest BCUT2D eigenvalue weighted by Crippen LogP contribution is 2.28. The van der Waals surface area contributed by atoms with Crippen LogP contribution in [0.1, 0.15) is 27.0 Å². The molecule has 0 unspecified atom stereocenters. The second-order valence-corrected chi connectivity index (χ2v) is 7.01. The van der Waals surface area contributed by atoms with Gasteiger partial charge < -0.3 is 14.2 Å². The maximum absolute atomic E-state index is 12.3. The Morgan fingerprint density at radius 2 is 1.69 bits per heavy atom. The van der Waals surface area contributed by atoms with Crippen molar-refractivity contribution in [2.24, 2.45) is 5.10 Å². The van der Waals surface area contributed by atoms with Gasteiger partial charge in [-0.3, -0.25) is 4.79 Å². The van der Waals surface area contributed by atoms with Gasteiger partial charge in [-0.15, -0.1) is 0 Å². The number of carbonyl (C=O) groups excluding carboxylic acids is 2. The summed E-state index contributed by atoms with van der Waals surface area (Å²) < 4.78 is 16.2. The van der Waals surface area contributed by atoms with Gasteiger partial charge in [0.1, 0.15) is 5.75 Å². The zero-order valence-corrected chi connectivity index (χ0v) is 18.1. The van der Waals surface area contributed by atoms with Crippen molar-refractivity contribution >= 4 is 18.1 Å². The second-order valence-electron chi connectivity index (χ2n) is 7.01. The van der Waals surface area contributed by atoms with E-state index in [1.54, 1.807) is 36.4 Å². The fourth-order valence-corrected chi connectivity index (χ4v) is 2.77. The number of ether oxygens (including phenoxy) is 3. The fourth-order valence-electron chi connectivity index (χ4n) is 2.77. The Labute approximate surface area is 186 Å². The smallest absolute Gasteiger partial charge is 0.343 e. The number of hydrogen-bond acceptors (Lipinski definition) is 6. The molecule has 0 heterocycles. The summed E-state index contributed by atoms with van der Waals surface area (Å²) in [5.41, 5.74) is 5.50. The Bertz CT molecular complexity index is 1120. The van der Waals surface area contributed by atoms with Gasteiger partial charge in [-0.2, -0.15) is 5.10 Å². The Hall–Kier alpha value is -4.13. The highest BCUT2D eigenvalue weighted by atomic mass is 16.6. The highest BCUT2D eigenvalue weighted by Gasteiger charge is 2.13. The number of rotatable bonds is 8. The summed E-state index contributed by atoms with van der Waals surface area (Å²) in [5.74, 6) is 0.424. The standard InChI is InChI=1S/C25H24N2O5/c1-17-8-11-20(12-9-17)25(29)32-22-13-10-19(14-23(22)30-3)15-26-27-24(28)16-31-21-7-5-4-6-18(21)2/h4-15H,16H2,1-3H3,(H,27,28). The molecule has 1 amide bonds. The normalized spacial score (nSPS) is 10.6. The number of nitrogens with one attached hydrogen (secondary N) is 1. The van der Waals surface area contributed by atoms with Crippen LogP contribution in [0.3, 0.4) is 0 Å². The molecule has 0 saturated carbocycles. The molecule has 32 heavy (non-hydrogen) atoms. The number of hydrazone groups is 1. The summed E-state index contributed by atoms with van der Waals surface area (Å²) in [7, 11) is 1.48. The van der Waals surface area contributed by atoms with E-state index in [4.69, 9.17) is 14.2 Å². The molecule has 0 radical (unpaired) electrons. The van der Waals surface area contributed by atoms with Crippen LogP contribution in [-0.2, 0) is 4.79 Å². The van der Waals surface area contributed by atoms with Gasteiger partial charge in [-0.05, 0) is 61.4 Å². The summed E-state index contributed by atoms with van der Waals surface area (Å²) in [6.07, 6.45) is 1.46. The van der Waals surface area contributed by atoms with E-state index in [0.717, 1.165) is 11.1 Å². The van der Waals surface area contributed by atoms with Crippen molar-refractivity contribution in [2.45, 2.75) is 13.8 Å². The van der Waals surface area contributed by atoms with E-state index in [9.17, 15) is 9.59 Å². The van der Waals surface area contributed by atoms with E-state index < -0.39 is 5.97 Å². The molecule has 0 aliphatic heterocycles. The molecule has 164 valence electrons. The van der Waals surface area contributed by atoms with Gasteiger partial charge >= 0.3 is 5.97 Å². The average Bonchev–Trinajstić information content (AvgIpc) is 2.79. The lowest BCUT2D eigenvalue weighted by atomic mass is 10.1. The quantitative estimate of drug-likeness (QED) is 0.251. The zero-order valence-electron chi connectivity index (χ0n) is 18.1. The number of hydrogen-bond donors (Lipinski definition) is 1. The molecule has 0 atom stereocenters. The third-order valence-corrected chi connectivity index (χ3v) is 4.53. The van der Waals surface area contributed by atoms with Gasteiger partial charge in [-0.1, -0.05) is 35.9 Å². The number of methoxy groups -OCH3 is 1. The topological polar surface area (TPSA) is 86.2 Å². The summed E-state index contributed by atoms with van der Waals surface area (Å²) >= 11 is 0. The minimum absolute atomic E-state index is 0.153. The summed E-state index contributed by atoms with van der Waals surface area (Å²) in [6, 6.07) is 19.5. The van der Waals surface area contributed by atoms with Crippen LogP contribution in [0.2, 0.25) is 0 Å². The van der Waals surface area contributed by atoms with Crippen LogP contribution in [0.4, 0.5) is 0 Å². The van der Waals surface area contributed by atoms with Gasteiger partial charge in [0.15, 0.2) is 18.1 Å².